The van der Waals surface area contributed by atoms with E-state index in [0.29, 0.717) is 5.56 Å². The van der Waals surface area contributed by atoms with E-state index in [2.05, 4.69) is 4.98 Å². The quantitative estimate of drug-likeness (QED) is 0.514. The normalized spacial score (nSPS) is 12.1. The summed E-state index contributed by atoms with van der Waals surface area (Å²) in [6.07, 6.45) is -4.54. The molecule has 0 bridgehead atoms. The van der Waals surface area contributed by atoms with E-state index < -0.39 is 11.7 Å². The second kappa shape index (κ2) is 4.76. The summed E-state index contributed by atoms with van der Waals surface area (Å²) in [5.41, 5.74) is -0.681. The highest BCUT2D eigenvalue weighted by Crippen LogP contribution is 2.37. The summed E-state index contributed by atoms with van der Waals surface area (Å²) >= 11 is 17.1. The standard InChI is InChI=1S/C11H5Cl3F3N/c12-4-6-1-5-2-7(13)3-8(11(15,16)17)9(5)18-10(6)14/h1-3H,4H2. The van der Waals surface area contributed by atoms with Gasteiger partial charge in [0, 0.05) is 16.0 Å². The minimum absolute atomic E-state index is 0.0144. The van der Waals surface area contributed by atoms with Gasteiger partial charge in [-0.2, -0.15) is 13.2 Å². The van der Waals surface area contributed by atoms with E-state index >= 15 is 0 Å². The Kier molecular flexibility index (Phi) is 3.63. The maximum atomic E-state index is 12.8. The number of aromatic nitrogens is 1. The molecule has 2 aromatic rings. The molecular formula is C11H5Cl3F3N. The molecule has 18 heavy (non-hydrogen) atoms. The van der Waals surface area contributed by atoms with Gasteiger partial charge < -0.3 is 0 Å². The van der Waals surface area contributed by atoms with Crippen molar-refractivity contribution in [3.63, 3.8) is 0 Å². The van der Waals surface area contributed by atoms with Crippen LogP contribution < -0.4 is 0 Å². The Morgan fingerprint density at radius 1 is 1.11 bits per heavy atom. The summed E-state index contributed by atoms with van der Waals surface area (Å²) in [5, 5.41) is 0.208. The van der Waals surface area contributed by atoms with Crippen LogP contribution in [-0.4, -0.2) is 4.98 Å². The lowest BCUT2D eigenvalue weighted by molar-refractivity contribution is -0.136. The van der Waals surface area contributed by atoms with E-state index in [1.165, 1.54) is 12.1 Å². The Labute approximate surface area is 115 Å². The first-order valence-electron chi connectivity index (χ1n) is 4.74. The highest BCUT2D eigenvalue weighted by molar-refractivity contribution is 6.32. The van der Waals surface area contributed by atoms with E-state index in [4.69, 9.17) is 34.8 Å². The Bertz CT molecular complexity index is 610. The van der Waals surface area contributed by atoms with Crippen LogP contribution >= 0.6 is 34.8 Å². The third kappa shape index (κ3) is 2.51. The summed E-state index contributed by atoms with van der Waals surface area (Å²) in [6.45, 7) is 0. The van der Waals surface area contributed by atoms with Crippen molar-refractivity contribution in [3.05, 3.63) is 39.5 Å². The molecule has 2 rings (SSSR count). The van der Waals surface area contributed by atoms with Crippen LogP contribution in [-0.2, 0) is 12.1 Å². The number of rotatable bonds is 1. The van der Waals surface area contributed by atoms with Gasteiger partial charge in [0.1, 0.15) is 5.15 Å². The van der Waals surface area contributed by atoms with E-state index in [0.717, 1.165) is 6.07 Å². The van der Waals surface area contributed by atoms with Gasteiger partial charge in [-0.25, -0.2) is 4.98 Å². The van der Waals surface area contributed by atoms with E-state index in [9.17, 15) is 13.2 Å². The molecule has 0 fully saturated rings. The zero-order valence-corrected chi connectivity index (χ0v) is 10.9. The van der Waals surface area contributed by atoms with Crippen LogP contribution in [0.2, 0.25) is 10.2 Å². The summed E-state index contributed by atoms with van der Waals surface area (Å²) in [4.78, 5) is 3.76. The number of fused-ring (bicyclic) bond motifs is 1. The molecule has 0 saturated carbocycles. The van der Waals surface area contributed by atoms with Crippen molar-refractivity contribution in [1.82, 2.24) is 4.98 Å². The third-order valence-corrected chi connectivity index (χ3v) is 3.19. The average Bonchev–Trinajstić information content (AvgIpc) is 2.26. The molecule has 0 atom stereocenters. The molecule has 0 spiro atoms. The van der Waals surface area contributed by atoms with Crippen LogP contribution in [0.25, 0.3) is 10.9 Å². The van der Waals surface area contributed by atoms with E-state index in [1.807, 2.05) is 0 Å². The maximum Gasteiger partial charge on any atom is 0.418 e. The first-order valence-corrected chi connectivity index (χ1v) is 6.04. The number of halogens is 6. The fourth-order valence-corrected chi connectivity index (χ4v) is 2.29. The Morgan fingerprint density at radius 3 is 2.33 bits per heavy atom. The smallest absolute Gasteiger partial charge is 0.235 e. The summed E-state index contributed by atoms with van der Waals surface area (Å²) < 4.78 is 38.5. The average molecular weight is 315 g/mol. The predicted octanol–water partition coefficient (Wildman–Crippen LogP) is 5.30. The molecule has 1 aromatic heterocycles. The summed E-state index contributed by atoms with van der Waals surface area (Å²) in [7, 11) is 0. The predicted molar refractivity (Wildman–Crippen MR) is 66.3 cm³/mol. The van der Waals surface area contributed by atoms with Crippen molar-refractivity contribution in [2.24, 2.45) is 0 Å². The fraction of sp³-hybridized carbons (Fsp3) is 0.182. The number of nitrogens with zero attached hydrogens (tertiary/aromatic N) is 1. The van der Waals surface area contributed by atoms with Gasteiger partial charge in [0.05, 0.1) is 17.0 Å². The summed E-state index contributed by atoms with van der Waals surface area (Å²) in [6, 6.07) is 3.68. The molecule has 1 nitrogen and oxygen atoms in total. The minimum Gasteiger partial charge on any atom is -0.235 e. The molecule has 1 aromatic carbocycles. The van der Waals surface area contributed by atoms with Gasteiger partial charge in [-0.05, 0) is 18.2 Å². The molecule has 1 heterocycles. The molecule has 0 unspecified atom stereocenters. The van der Waals surface area contributed by atoms with Crippen LogP contribution in [0, 0.1) is 0 Å². The van der Waals surface area contributed by atoms with Gasteiger partial charge in [0.25, 0.3) is 0 Å². The topological polar surface area (TPSA) is 12.9 Å². The second-order valence-electron chi connectivity index (χ2n) is 3.59. The van der Waals surface area contributed by atoms with Crippen LogP contribution in [0.3, 0.4) is 0 Å². The van der Waals surface area contributed by atoms with Gasteiger partial charge in [0.2, 0.25) is 0 Å². The van der Waals surface area contributed by atoms with E-state index in [-0.39, 0.29) is 27.0 Å². The Hall–Kier alpha value is -0.710. The number of hydrogen-bond acceptors (Lipinski definition) is 1. The van der Waals surface area contributed by atoms with E-state index in [1.54, 1.807) is 0 Å². The lowest BCUT2D eigenvalue weighted by atomic mass is 10.1. The van der Waals surface area contributed by atoms with Crippen LogP contribution in [0.5, 0.6) is 0 Å². The molecule has 96 valence electrons. The van der Waals surface area contributed by atoms with Gasteiger partial charge in [-0.15, -0.1) is 11.6 Å². The second-order valence-corrected chi connectivity index (χ2v) is 4.66. The van der Waals surface area contributed by atoms with Gasteiger partial charge in [-0.1, -0.05) is 23.2 Å². The number of benzene rings is 1. The lowest BCUT2D eigenvalue weighted by Crippen LogP contribution is -2.07. The zero-order valence-electron chi connectivity index (χ0n) is 8.65. The van der Waals surface area contributed by atoms with Gasteiger partial charge in [0.15, 0.2) is 0 Å². The largest absolute Gasteiger partial charge is 0.418 e. The van der Waals surface area contributed by atoms with Crippen LogP contribution in [0.15, 0.2) is 18.2 Å². The first kappa shape index (κ1) is 13.7. The van der Waals surface area contributed by atoms with Crippen molar-refractivity contribution in [2.75, 3.05) is 0 Å². The fourth-order valence-electron chi connectivity index (χ4n) is 1.58. The van der Waals surface area contributed by atoms with Crippen LogP contribution in [0.4, 0.5) is 13.2 Å². The van der Waals surface area contributed by atoms with Gasteiger partial charge >= 0.3 is 6.18 Å². The molecular weight excluding hydrogens is 309 g/mol. The van der Waals surface area contributed by atoms with Crippen molar-refractivity contribution in [3.8, 4) is 0 Å². The molecule has 0 aliphatic heterocycles. The van der Waals surface area contributed by atoms with Crippen molar-refractivity contribution in [2.45, 2.75) is 12.1 Å². The van der Waals surface area contributed by atoms with Crippen molar-refractivity contribution >= 4 is 45.7 Å². The third-order valence-electron chi connectivity index (χ3n) is 2.36. The molecule has 0 amide bonds. The Morgan fingerprint density at radius 2 is 1.78 bits per heavy atom. The lowest BCUT2D eigenvalue weighted by Gasteiger charge is -2.11. The molecule has 0 saturated heterocycles. The van der Waals surface area contributed by atoms with Crippen molar-refractivity contribution in [1.29, 1.82) is 0 Å². The monoisotopic (exact) mass is 313 g/mol. The van der Waals surface area contributed by atoms with Crippen LogP contribution in [0.1, 0.15) is 11.1 Å². The Balaban J connectivity index is 2.84. The molecule has 0 radical (unpaired) electrons. The highest BCUT2D eigenvalue weighted by atomic mass is 35.5. The number of pyridine rings is 1. The molecule has 7 heteroatoms. The highest BCUT2D eigenvalue weighted by Gasteiger charge is 2.34. The minimum atomic E-state index is -4.54. The molecule has 0 aliphatic carbocycles. The molecule has 0 aliphatic rings. The first-order chi connectivity index (χ1) is 8.32. The summed E-state index contributed by atoms with van der Waals surface area (Å²) in [5.74, 6) is 0.0651. The number of alkyl halides is 4. The van der Waals surface area contributed by atoms with Crippen molar-refractivity contribution < 1.29 is 13.2 Å². The zero-order chi connectivity index (χ0) is 13.5. The number of hydrogen-bond donors (Lipinski definition) is 0. The molecule has 0 N–H and O–H groups in total. The van der Waals surface area contributed by atoms with Gasteiger partial charge in [-0.3, -0.25) is 0 Å². The SMILES string of the molecule is FC(F)(F)c1cc(Cl)cc2cc(CCl)c(Cl)nc12. The maximum absolute atomic E-state index is 12.8.